The molecule has 3 heterocycles. The Kier molecular flexibility index (Phi) is 5.78. The summed E-state index contributed by atoms with van der Waals surface area (Å²) in [5.74, 6) is -0.346. The average molecular weight is 353 g/mol. The predicted molar refractivity (Wildman–Crippen MR) is 98.2 cm³/mol. The Morgan fingerprint density at radius 2 is 2.08 bits per heavy atom. The molecule has 136 valence electrons. The molecule has 2 aromatic heterocycles. The highest BCUT2D eigenvalue weighted by Gasteiger charge is 2.33. The van der Waals surface area contributed by atoms with E-state index in [4.69, 9.17) is 0 Å². The first-order chi connectivity index (χ1) is 12.6. The third-order valence-electron chi connectivity index (χ3n) is 4.44. The van der Waals surface area contributed by atoms with Gasteiger partial charge in [0.05, 0.1) is 5.92 Å². The monoisotopic (exact) mass is 353 g/mol. The van der Waals surface area contributed by atoms with Crippen LogP contribution in [-0.4, -0.2) is 46.3 Å². The van der Waals surface area contributed by atoms with Crippen LogP contribution in [0.2, 0.25) is 0 Å². The fourth-order valence-corrected chi connectivity index (χ4v) is 3.01. The summed E-state index contributed by atoms with van der Waals surface area (Å²) in [6, 6.07) is 5.68. The van der Waals surface area contributed by atoms with E-state index in [9.17, 15) is 9.59 Å². The number of aryl methyl sites for hydroxylation is 1. The number of likely N-dealkylation sites (tertiary alicyclic amines) is 1. The van der Waals surface area contributed by atoms with Crippen LogP contribution in [-0.2, 0) is 16.1 Å². The number of nitrogens with zero attached hydrogens (tertiary/aromatic N) is 3. The van der Waals surface area contributed by atoms with Crippen LogP contribution in [0.1, 0.15) is 17.5 Å². The van der Waals surface area contributed by atoms with Gasteiger partial charge in [0.25, 0.3) is 0 Å². The van der Waals surface area contributed by atoms with E-state index < -0.39 is 0 Å². The normalized spacial score (nSPS) is 16.6. The first-order valence-electron chi connectivity index (χ1n) is 8.72. The molecule has 0 unspecified atom stereocenters. The number of pyridine rings is 2. The van der Waals surface area contributed by atoms with Crippen molar-refractivity contribution < 1.29 is 9.59 Å². The zero-order chi connectivity index (χ0) is 18.4. The van der Waals surface area contributed by atoms with Gasteiger partial charge in [-0.2, -0.15) is 0 Å². The van der Waals surface area contributed by atoms with E-state index in [-0.39, 0.29) is 24.2 Å². The van der Waals surface area contributed by atoms with Crippen molar-refractivity contribution in [2.75, 3.05) is 25.0 Å². The molecule has 7 heteroatoms. The molecule has 1 aliphatic heterocycles. The number of rotatable bonds is 7. The zero-order valence-electron chi connectivity index (χ0n) is 14.8. The van der Waals surface area contributed by atoms with E-state index in [0.29, 0.717) is 26.2 Å². The third kappa shape index (κ3) is 4.56. The fourth-order valence-electron chi connectivity index (χ4n) is 3.01. The van der Waals surface area contributed by atoms with E-state index in [1.807, 2.05) is 25.1 Å². The van der Waals surface area contributed by atoms with Crippen LogP contribution in [0.5, 0.6) is 0 Å². The summed E-state index contributed by atoms with van der Waals surface area (Å²) in [5.41, 5.74) is 3.04. The second-order valence-electron chi connectivity index (χ2n) is 6.44. The maximum atomic E-state index is 12.3. The maximum Gasteiger partial charge on any atom is 0.225 e. The number of anilines is 1. The minimum atomic E-state index is -0.290. The number of hydrogen-bond acceptors (Lipinski definition) is 5. The number of amides is 2. The number of hydrogen-bond donors (Lipinski definition) is 2. The molecule has 2 amide bonds. The van der Waals surface area contributed by atoms with Gasteiger partial charge in [-0.25, -0.2) is 0 Å². The van der Waals surface area contributed by atoms with Crippen molar-refractivity contribution in [3.63, 3.8) is 0 Å². The molecular weight excluding hydrogens is 330 g/mol. The second kappa shape index (κ2) is 8.42. The van der Waals surface area contributed by atoms with Crippen molar-refractivity contribution >= 4 is 17.5 Å². The molecule has 0 aliphatic carbocycles. The van der Waals surface area contributed by atoms with Crippen molar-refractivity contribution in [2.45, 2.75) is 19.9 Å². The van der Waals surface area contributed by atoms with Gasteiger partial charge >= 0.3 is 0 Å². The van der Waals surface area contributed by atoms with Gasteiger partial charge in [-0.3, -0.25) is 19.6 Å². The van der Waals surface area contributed by atoms with Crippen molar-refractivity contribution in [2.24, 2.45) is 5.92 Å². The van der Waals surface area contributed by atoms with Crippen LogP contribution >= 0.6 is 0 Å². The molecule has 0 saturated carbocycles. The standard InChI is InChI=1S/C19H23N5O2/c1-14-10-21-6-4-17(14)22-7-8-23-19(26)16-9-18(25)24(13-16)12-15-3-2-5-20-11-15/h2-6,10-11,16H,7-9,12-13H2,1H3,(H,21,22)(H,23,26)/t16-/m0/s1. The molecule has 1 saturated heterocycles. The summed E-state index contributed by atoms with van der Waals surface area (Å²) in [5, 5.41) is 6.18. The SMILES string of the molecule is Cc1cnccc1NCCNC(=O)[C@H]1CC(=O)N(Cc2cccnc2)C1. The van der Waals surface area contributed by atoms with Crippen LogP contribution in [0, 0.1) is 12.8 Å². The van der Waals surface area contributed by atoms with Gasteiger partial charge in [-0.15, -0.1) is 0 Å². The minimum Gasteiger partial charge on any atom is -0.383 e. The Morgan fingerprint density at radius 3 is 2.85 bits per heavy atom. The Morgan fingerprint density at radius 1 is 1.23 bits per heavy atom. The smallest absolute Gasteiger partial charge is 0.225 e. The van der Waals surface area contributed by atoms with Gasteiger partial charge in [0.1, 0.15) is 0 Å². The summed E-state index contributed by atoms with van der Waals surface area (Å²) in [6.45, 7) is 4.06. The van der Waals surface area contributed by atoms with Gasteiger partial charge in [-0.05, 0) is 30.2 Å². The number of carbonyl (C=O) groups is 2. The predicted octanol–water partition coefficient (Wildman–Crippen LogP) is 1.36. The van der Waals surface area contributed by atoms with Gasteiger partial charge in [-0.1, -0.05) is 6.07 Å². The van der Waals surface area contributed by atoms with Gasteiger partial charge < -0.3 is 15.5 Å². The lowest BCUT2D eigenvalue weighted by molar-refractivity contribution is -0.129. The molecule has 0 spiro atoms. The highest BCUT2D eigenvalue weighted by Crippen LogP contribution is 2.20. The zero-order valence-corrected chi connectivity index (χ0v) is 14.8. The molecule has 1 fully saturated rings. The summed E-state index contributed by atoms with van der Waals surface area (Å²) >= 11 is 0. The highest BCUT2D eigenvalue weighted by atomic mass is 16.2. The van der Waals surface area contributed by atoms with Crippen molar-refractivity contribution in [1.29, 1.82) is 0 Å². The van der Waals surface area contributed by atoms with Gasteiger partial charge in [0.2, 0.25) is 11.8 Å². The molecule has 0 aromatic carbocycles. The maximum absolute atomic E-state index is 12.3. The van der Waals surface area contributed by atoms with Crippen LogP contribution < -0.4 is 10.6 Å². The van der Waals surface area contributed by atoms with E-state index in [1.54, 1.807) is 29.7 Å². The Hall–Kier alpha value is -2.96. The quantitative estimate of drug-likeness (QED) is 0.734. The van der Waals surface area contributed by atoms with Crippen LogP contribution in [0.3, 0.4) is 0 Å². The van der Waals surface area contributed by atoms with Gasteiger partial charge in [0, 0.05) is 63.1 Å². The Labute approximate surface area is 152 Å². The number of carbonyl (C=O) groups excluding carboxylic acids is 2. The molecule has 1 atom stereocenters. The molecule has 3 rings (SSSR count). The van der Waals surface area contributed by atoms with Crippen molar-refractivity contribution in [1.82, 2.24) is 20.2 Å². The molecule has 26 heavy (non-hydrogen) atoms. The average Bonchev–Trinajstić information content (AvgIpc) is 3.01. The minimum absolute atomic E-state index is 0.0135. The highest BCUT2D eigenvalue weighted by molar-refractivity contribution is 5.89. The van der Waals surface area contributed by atoms with E-state index in [1.165, 1.54) is 0 Å². The first-order valence-corrected chi connectivity index (χ1v) is 8.72. The summed E-state index contributed by atoms with van der Waals surface area (Å²) in [6.07, 6.45) is 7.24. The van der Waals surface area contributed by atoms with Gasteiger partial charge in [0.15, 0.2) is 0 Å². The van der Waals surface area contributed by atoms with Crippen LogP contribution in [0.4, 0.5) is 5.69 Å². The lowest BCUT2D eigenvalue weighted by Crippen LogP contribution is -2.35. The van der Waals surface area contributed by atoms with Crippen LogP contribution in [0.15, 0.2) is 43.0 Å². The number of nitrogens with one attached hydrogen (secondary N) is 2. The topological polar surface area (TPSA) is 87.2 Å². The van der Waals surface area contributed by atoms with E-state index in [2.05, 4.69) is 20.6 Å². The lowest BCUT2D eigenvalue weighted by Gasteiger charge is -2.16. The molecule has 0 bridgehead atoms. The lowest BCUT2D eigenvalue weighted by atomic mass is 10.1. The molecular formula is C19H23N5O2. The molecule has 2 N–H and O–H groups in total. The molecule has 7 nitrogen and oxygen atoms in total. The largest absolute Gasteiger partial charge is 0.383 e. The summed E-state index contributed by atoms with van der Waals surface area (Å²) in [4.78, 5) is 34.3. The van der Waals surface area contributed by atoms with Crippen LogP contribution in [0.25, 0.3) is 0 Å². The van der Waals surface area contributed by atoms with Crippen molar-refractivity contribution in [3.8, 4) is 0 Å². The van der Waals surface area contributed by atoms with E-state index >= 15 is 0 Å². The summed E-state index contributed by atoms with van der Waals surface area (Å²) in [7, 11) is 0. The second-order valence-corrected chi connectivity index (χ2v) is 6.44. The summed E-state index contributed by atoms with van der Waals surface area (Å²) < 4.78 is 0. The van der Waals surface area contributed by atoms with Crippen molar-refractivity contribution in [3.05, 3.63) is 54.1 Å². The third-order valence-corrected chi connectivity index (χ3v) is 4.44. The Bertz CT molecular complexity index is 766. The van der Waals surface area contributed by atoms with E-state index in [0.717, 1.165) is 16.8 Å². The molecule has 1 aliphatic rings. The Balaban J connectivity index is 1.42. The molecule has 0 radical (unpaired) electrons. The fraction of sp³-hybridized carbons (Fsp3) is 0.368. The molecule has 2 aromatic rings. The first kappa shape index (κ1) is 17.8. The number of aromatic nitrogens is 2.